The summed E-state index contributed by atoms with van der Waals surface area (Å²) in [5.74, 6) is -0.365. The molecule has 0 radical (unpaired) electrons. The third-order valence-electron chi connectivity index (χ3n) is 5.15. The summed E-state index contributed by atoms with van der Waals surface area (Å²) >= 11 is 12.7. The first-order valence-electron chi connectivity index (χ1n) is 9.54. The van der Waals surface area contributed by atoms with Gasteiger partial charge < -0.3 is 4.90 Å². The van der Waals surface area contributed by atoms with Crippen molar-refractivity contribution in [2.75, 3.05) is 11.4 Å². The van der Waals surface area contributed by atoms with E-state index in [4.69, 9.17) is 23.2 Å². The number of hydrogen-bond donors (Lipinski definition) is 1. The molecule has 152 valence electrons. The third kappa shape index (κ3) is 4.34. The number of likely N-dealkylation sites (N-methyl/N-ethyl adjacent to an activating group) is 1. The number of hydrazone groups is 1. The Kier molecular flexibility index (Phi) is 6.06. The van der Waals surface area contributed by atoms with Crippen LogP contribution in [-0.4, -0.2) is 24.2 Å². The number of amides is 1. The largest absolute Gasteiger partial charge is 0.363 e. The second kappa shape index (κ2) is 8.21. The standard InChI is InChI=1S/C23H25Cl2N3O/c1-6-28-21-11-19(24)16(10-18(21)15(3)12-23(28,4)5)13-26-27-22(29)17-8-7-14(2)9-20(17)25/h7-13H,6H2,1-5H3,(H,27,29)/b26-13-. The van der Waals surface area contributed by atoms with Crippen LogP contribution in [0.3, 0.4) is 0 Å². The Hall–Kier alpha value is -2.30. The molecule has 6 heteroatoms. The molecule has 1 heterocycles. The molecule has 0 spiro atoms. The zero-order chi connectivity index (χ0) is 21.3. The molecule has 4 nitrogen and oxygen atoms in total. The summed E-state index contributed by atoms with van der Waals surface area (Å²) in [4.78, 5) is 14.7. The number of anilines is 1. The number of halogens is 2. The van der Waals surface area contributed by atoms with E-state index < -0.39 is 0 Å². The molecule has 2 aromatic carbocycles. The van der Waals surface area contributed by atoms with Gasteiger partial charge in [-0.05, 0) is 70.0 Å². The highest BCUT2D eigenvalue weighted by Crippen LogP contribution is 2.40. The topological polar surface area (TPSA) is 44.7 Å². The fraction of sp³-hybridized carbons (Fsp3) is 0.304. The van der Waals surface area contributed by atoms with E-state index in [1.807, 2.05) is 25.1 Å². The molecule has 29 heavy (non-hydrogen) atoms. The maximum atomic E-state index is 12.3. The number of benzene rings is 2. The molecule has 0 saturated carbocycles. The molecule has 0 aliphatic carbocycles. The lowest BCUT2D eigenvalue weighted by atomic mass is 9.88. The van der Waals surface area contributed by atoms with Crippen LogP contribution >= 0.6 is 23.2 Å². The van der Waals surface area contributed by atoms with Crippen LogP contribution in [0.2, 0.25) is 10.0 Å². The number of allylic oxidation sites excluding steroid dienone is 1. The highest BCUT2D eigenvalue weighted by atomic mass is 35.5. The maximum Gasteiger partial charge on any atom is 0.272 e. The lowest BCUT2D eigenvalue weighted by molar-refractivity contribution is 0.0955. The van der Waals surface area contributed by atoms with Crippen molar-refractivity contribution in [3.8, 4) is 0 Å². The number of aryl methyl sites for hydroxylation is 1. The molecule has 0 saturated heterocycles. The van der Waals surface area contributed by atoms with Gasteiger partial charge in [0.2, 0.25) is 0 Å². The smallest absolute Gasteiger partial charge is 0.272 e. The van der Waals surface area contributed by atoms with E-state index in [0.717, 1.165) is 28.9 Å². The van der Waals surface area contributed by atoms with Crippen LogP contribution in [0, 0.1) is 6.92 Å². The zero-order valence-electron chi connectivity index (χ0n) is 17.3. The van der Waals surface area contributed by atoms with Crippen molar-refractivity contribution in [1.82, 2.24) is 5.43 Å². The van der Waals surface area contributed by atoms with Crippen LogP contribution in [0.4, 0.5) is 5.69 Å². The molecule has 0 fully saturated rings. The average molecular weight is 430 g/mol. The van der Waals surface area contributed by atoms with E-state index in [-0.39, 0.29) is 11.4 Å². The summed E-state index contributed by atoms with van der Waals surface area (Å²) in [5, 5.41) is 5.06. The van der Waals surface area contributed by atoms with Gasteiger partial charge in [-0.2, -0.15) is 5.10 Å². The summed E-state index contributed by atoms with van der Waals surface area (Å²) in [6.45, 7) is 11.4. The van der Waals surface area contributed by atoms with Gasteiger partial charge in [0, 0.05) is 23.4 Å². The minimum atomic E-state index is -0.365. The Labute approximate surface area is 182 Å². The second-order valence-electron chi connectivity index (χ2n) is 7.80. The number of hydrogen-bond acceptors (Lipinski definition) is 3. The molecule has 1 aliphatic rings. The molecule has 0 aromatic heterocycles. The molecular formula is C23H25Cl2N3O. The maximum absolute atomic E-state index is 12.3. The zero-order valence-corrected chi connectivity index (χ0v) is 18.8. The highest BCUT2D eigenvalue weighted by molar-refractivity contribution is 6.34. The Morgan fingerprint density at radius 2 is 1.90 bits per heavy atom. The molecule has 0 bridgehead atoms. The van der Waals surface area contributed by atoms with Gasteiger partial charge in [0.1, 0.15) is 0 Å². The molecule has 1 aliphatic heterocycles. The van der Waals surface area contributed by atoms with E-state index in [1.54, 1.807) is 18.3 Å². The van der Waals surface area contributed by atoms with Crippen molar-refractivity contribution in [2.24, 2.45) is 5.10 Å². The first kappa shape index (κ1) is 21.4. The van der Waals surface area contributed by atoms with Crippen LogP contribution < -0.4 is 10.3 Å². The third-order valence-corrected chi connectivity index (χ3v) is 5.79. The van der Waals surface area contributed by atoms with Gasteiger partial charge in [0.15, 0.2) is 0 Å². The van der Waals surface area contributed by atoms with Gasteiger partial charge in [-0.25, -0.2) is 5.43 Å². The molecule has 2 aromatic rings. The molecule has 3 rings (SSSR count). The second-order valence-corrected chi connectivity index (χ2v) is 8.61. The van der Waals surface area contributed by atoms with E-state index in [9.17, 15) is 4.79 Å². The van der Waals surface area contributed by atoms with Crippen molar-refractivity contribution >= 4 is 46.6 Å². The van der Waals surface area contributed by atoms with Crippen LogP contribution in [0.1, 0.15) is 54.7 Å². The molecule has 1 amide bonds. The summed E-state index contributed by atoms with van der Waals surface area (Å²) in [5.41, 5.74) is 7.97. The Morgan fingerprint density at radius 3 is 2.55 bits per heavy atom. The quantitative estimate of drug-likeness (QED) is 0.472. The van der Waals surface area contributed by atoms with Gasteiger partial charge in [-0.3, -0.25) is 4.79 Å². The number of nitrogens with zero attached hydrogens (tertiary/aromatic N) is 2. The molecular weight excluding hydrogens is 405 g/mol. The van der Waals surface area contributed by atoms with Gasteiger partial charge in [0.05, 0.1) is 27.4 Å². The van der Waals surface area contributed by atoms with E-state index >= 15 is 0 Å². The summed E-state index contributed by atoms with van der Waals surface area (Å²) in [7, 11) is 0. The minimum absolute atomic E-state index is 0.0773. The highest BCUT2D eigenvalue weighted by Gasteiger charge is 2.30. The lowest BCUT2D eigenvalue weighted by Crippen LogP contribution is -2.44. The molecule has 0 atom stereocenters. The Bertz CT molecular complexity index is 1030. The number of fused-ring (bicyclic) bond motifs is 1. The van der Waals surface area contributed by atoms with Crippen molar-refractivity contribution < 1.29 is 4.79 Å². The minimum Gasteiger partial charge on any atom is -0.363 e. The Balaban J connectivity index is 1.86. The average Bonchev–Trinajstić information content (AvgIpc) is 2.62. The van der Waals surface area contributed by atoms with Crippen LogP contribution in [-0.2, 0) is 0 Å². The van der Waals surface area contributed by atoms with Crippen LogP contribution in [0.15, 0.2) is 41.5 Å². The first-order valence-corrected chi connectivity index (χ1v) is 10.3. The van der Waals surface area contributed by atoms with Gasteiger partial charge in [-0.15, -0.1) is 0 Å². The van der Waals surface area contributed by atoms with Crippen molar-refractivity contribution in [3.05, 3.63) is 68.7 Å². The lowest BCUT2D eigenvalue weighted by Gasteiger charge is -2.43. The predicted molar refractivity (Wildman–Crippen MR) is 123 cm³/mol. The van der Waals surface area contributed by atoms with E-state index in [0.29, 0.717) is 15.6 Å². The van der Waals surface area contributed by atoms with Gasteiger partial charge in [-0.1, -0.05) is 35.3 Å². The number of carbonyl (C=O) groups is 1. The van der Waals surface area contributed by atoms with Gasteiger partial charge in [0.25, 0.3) is 5.91 Å². The molecule has 0 unspecified atom stereocenters. The number of rotatable bonds is 4. The van der Waals surface area contributed by atoms with E-state index in [2.05, 4.69) is 49.2 Å². The SMILES string of the molecule is CCN1c2cc(Cl)c(/C=N\NC(=O)c3ccc(C)cc3Cl)cc2C(C)=CC1(C)C. The molecule has 1 N–H and O–H groups in total. The van der Waals surface area contributed by atoms with Crippen molar-refractivity contribution in [2.45, 2.75) is 40.2 Å². The first-order chi connectivity index (χ1) is 13.6. The van der Waals surface area contributed by atoms with Gasteiger partial charge >= 0.3 is 0 Å². The number of carbonyl (C=O) groups excluding carboxylic acids is 1. The normalized spacial score (nSPS) is 15.3. The van der Waals surface area contributed by atoms with Crippen molar-refractivity contribution in [3.63, 3.8) is 0 Å². The summed E-state index contributed by atoms with van der Waals surface area (Å²) in [6, 6.07) is 9.25. The number of nitrogens with one attached hydrogen (secondary N) is 1. The predicted octanol–water partition coefficient (Wildman–Crippen LogP) is 6.09. The van der Waals surface area contributed by atoms with Crippen molar-refractivity contribution in [1.29, 1.82) is 0 Å². The summed E-state index contributed by atoms with van der Waals surface area (Å²) in [6.07, 6.45) is 3.82. The van der Waals surface area contributed by atoms with E-state index in [1.165, 1.54) is 5.57 Å². The fourth-order valence-electron chi connectivity index (χ4n) is 3.82. The van der Waals surface area contributed by atoms with Crippen LogP contribution in [0.5, 0.6) is 0 Å². The monoisotopic (exact) mass is 429 g/mol. The summed E-state index contributed by atoms with van der Waals surface area (Å²) < 4.78 is 0. The Morgan fingerprint density at radius 1 is 1.17 bits per heavy atom. The van der Waals surface area contributed by atoms with Crippen LogP contribution in [0.25, 0.3) is 5.57 Å². The fourth-order valence-corrected chi connectivity index (χ4v) is 4.34.